The molecule has 0 spiro atoms. The van der Waals surface area contributed by atoms with Crippen LogP contribution in [0.1, 0.15) is 40.3 Å². The van der Waals surface area contributed by atoms with Crippen LogP contribution in [0.2, 0.25) is 0 Å². The standard InChI is InChI=1S/C22H20BrN.C21H18BrN/c1-4-16-9-10-21-18(13-16)17-7-5-6-8-20(17)24(21)22-12-14(2)11-19(23)15(22)3;1-13-8-9-17-16-6-4-5-7-19(16)23(21(17)11-13)20-12-14(2)10-18(22)15(20)3/h5-13H,4H2,1-3H3;4-12H,1-3H3. The maximum Gasteiger partial charge on any atom is 0.0543 e. The van der Waals surface area contributed by atoms with Crippen molar-refractivity contribution in [3.05, 3.63) is 152 Å². The van der Waals surface area contributed by atoms with E-state index in [9.17, 15) is 0 Å². The van der Waals surface area contributed by atoms with E-state index in [0.29, 0.717) is 0 Å². The Morgan fingerprint density at radius 3 is 1.51 bits per heavy atom. The number of halogens is 2. The van der Waals surface area contributed by atoms with Gasteiger partial charge in [0.25, 0.3) is 0 Å². The Balaban J connectivity index is 0.000000150. The molecule has 0 aliphatic heterocycles. The van der Waals surface area contributed by atoms with Gasteiger partial charge in [0.2, 0.25) is 0 Å². The number of aryl methyl sites for hydroxylation is 4. The highest BCUT2D eigenvalue weighted by Gasteiger charge is 2.16. The van der Waals surface area contributed by atoms with Crippen LogP contribution in [0.15, 0.2) is 118 Å². The Kier molecular flexibility index (Phi) is 8.36. The molecule has 234 valence electrons. The van der Waals surface area contributed by atoms with E-state index in [2.05, 4.69) is 192 Å². The predicted octanol–water partition coefficient (Wildman–Crippen LogP) is 13.2. The van der Waals surface area contributed by atoms with E-state index in [-0.39, 0.29) is 0 Å². The second-order valence-electron chi connectivity index (χ2n) is 12.7. The van der Waals surface area contributed by atoms with Crippen molar-refractivity contribution in [3.63, 3.8) is 0 Å². The van der Waals surface area contributed by atoms with Gasteiger partial charge >= 0.3 is 0 Å². The monoisotopic (exact) mass is 740 g/mol. The highest BCUT2D eigenvalue weighted by atomic mass is 79.9. The Bertz CT molecular complexity index is 2480. The van der Waals surface area contributed by atoms with Crippen LogP contribution in [0.3, 0.4) is 0 Å². The lowest BCUT2D eigenvalue weighted by Crippen LogP contribution is -1.98. The van der Waals surface area contributed by atoms with Crippen LogP contribution < -0.4 is 0 Å². The lowest BCUT2D eigenvalue weighted by Gasteiger charge is -2.14. The van der Waals surface area contributed by atoms with Gasteiger partial charge in [-0.15, -0.1) is 0 Å². The third-order valence-corrected chi connectivity index (χ3v) is 11.0. The molecule has 6 aromatic carbocycles. The maximum atomic E-state index is 3.72. The summed E-state index contributed by atoms with van der Waals surface area (Å²) < 4.78 is 7.11. The maximum absolute atomic E-state index is 3.72. The Hall–Kier alpha value is -4.12. The molecule has 0 aliphatic carbocycles. The Morgan fingerprint density at radius 1 is 0.447 bits per heavy atom. The molecule has 8 rings (SSSR count). The van der Waals surface area contributed by atoms with Gasteiger partial charge in [-0.2, -0.15) is 0 Å². The molecular weight excluding hydrogens is 704 g/mol. The topological polar surface area (TPSA) is 9.86 Å². The summed E-state index contributed by atoms with van der Waals surface area (Å²) in [4.78, 5) is 0. The normalized spacial score (nSPS) is 11.5. The highest BCUT2D eigenvalue weighted by molar-refractivity contribution is 9.10. The zero-order chi connectivity index (χ0) is 33.0. The molecule has 0 bridgehead atoms. The third kappa shape index (κ3) is 5.52. The Morgan fingerprint density at radius 2 is 0.936 bits per heavy atom. The number of nitrogens with zero attached hydrogens (tertiary/aromatic N) is 2. The van der Waals surface area contributed by atoms with Crippen molar-refractivity contribution in [2.24, 2.45) is 0 Å². The van der Waals surface area contributed by atoms with Gasteiger partial charge in [-0.1, -0.05) is 93.4 Å². The largest absolute Gasteiger partial charge is 0.309 e. The fraction of sp³-hybridized carbons (Fsp3) is 0.163. The third-order valence-electron chi connectivity index (χ3n) is 9.38. The lowest BCUT2D eigenvalue weighted by molar-refractivity contribution is 1.12. The number of aromatic nitrogens is 2. The van der Waals surface area contributed by atoms with E-state index < -0.39 is 0 Å². The molecule has 0 N–H and O–H groups in total. The van der Waals surface area contributed by atoms with Crippen LogP contribution in [-0.2, 0) is 6.42 Å². The van der Waals surface area contributed by atoms with E-state index in [1.54, 1.807) is 0 Å². The fourth-order valence-electron chi connectivity index (χ4n) is 6.90. The molecule has 2 aromatic heterocycles. The molecule has 8 aromatic rings. The van der Waals surface area contributed by atoms with Gasteiger partial charge in [-0.25, -0.2) is 0 Å². The summed E-state index contributed by atoms with van der Waals surface area (Å²) in [6.07, 6.45) is 1.06. The van der Waals surface area contributed by atoms with Crippen molar-refractivity contribution in [3.8, 4) is 11.4 Å². The van der Waals surface area contributed by atoms with Crippen molar-refractivity contribution >= 4 is 75.5 Å². The number of fused-ring (bicyclic) bond motifs is 6. The average molecular weight is 743 g/mol. The molecule has 4 heteroatoms. The molecule has 0 fully saturated rings. The minimum Gasteiger partial charge on any atom is -0.309 e. The van der Waals surface area contributed by atoms with E-state index in [1.807, 2.05) is 0 Å². The first-order valence-corrected chi connectivity index (χ1v) is 17.8. The molecule has 0 unspecified atom stereocenters. The number of rotatable bonds is 3. The van der Waals surface area contributed by atoms with Gasteiger partial charge in [0.15, 0.2) is 0 Å². The molecular formula is C43H38Br2N2. The number of benzene rings is 6. The number of hydrogen-bond donors (Lipinski definition) is 0. The summed E-state index contributed by atoms with van der Waals surface area (Å²) in [6.45, 7) is 13.0. The van der Waals surface area contributed by atoms with Gasteiger partial charge in [0, 0.05) is 30.5 Å². The SMILES string of the molecule is CCc1ccc2c(c1)c1ccccc1n2-c1cc(C)cc(Br)c1C.Cc1cc(Br)c(C)c(-n2c3ccccc3c3ccc(C)cc32)c1. The first-order valence-electron chi connectivity index (χ1n) is 16.2. The van der Waals surface area contributed by atoms with Crippen molar-refractivity contribution in [1.29, 1.82) is 0 Å². The molecule has 0 atom stereocenters. The zero-order valence-corrected chi connectivity index (χ0v) is 30.9. The summed E-state index contributed by atoms with van der Waals surface area (Å²) in [5.74, 6) is 0. The van der Waals surface area contributed by atoms with Crippen molar-refractivity contribution in [2.45, 2.75) is 48.0 Å². The van der Waals surface area contributed by atoms with Crippen molar-refractivity contribution in [1.82, 2.24) is 9.13 Å². The predicted molar refractivity (Wildman–Crippen MR) is 210 cm³/mol. The average Bonchev–Trinajstić information content (AvgIpc) is 3.56. The molecule has 2 heterocycles. The summed E-state index contributed by atoms with van der Waals surface area (Å²) in [7, 11) is 0. The Labute approximate surface area is 293 Å². The fourth-order valence-corrected chi connectivity index (χ4v) is 8.02. The molecule has 2 nitrogen and oxygen atoms in total. The minimum absolute atomic E-state index is 1.06. The van der Waals surface area contributed by atoms with E-state index in [1.165, 1.54) is 88.4 Å². The number of para-hydroxylation sites is 2. The van der Waals surface area contributed by atoms with Crippen molar-refractivity contribution in [2.75, 3.05) is 0 Å². The molecule has 0 aliphatic rings. The smallest absolute Gasteiger partial charge is 0.0543 e. The summed E-state index contributed by atoms with van der Waals surface area (Å²) in [6, 6.07) is 39.8. The van der Waals surface area contributed by atoms with Crippen LogP contribution in [0.25, 0.3) is 55.0 Å². The van der Waals surface area contributed by atoms with Crippen LogP contribution >= 0.6 is 31.9 Å². The second-order valence-corrected chi connectivity index (χ2v) is 14.4. The second kappa shape index (κ2) is 12.5. The van der Waals surface area contributed by atoms with Crippen LogP contribution in [0.5, 0.6) is 0 Å². The summed E-state index contributed by atoms with van der Waals surface area (Å²) >= 11 is 7.43. The van der Waals surface area contributed by atoms with Gasteiger partial charge in [-0.05, 0) is 129 Å². The quantitative estimate of drug-likeness (QED) is 0.171. The lowest BCUT2D eigenvalue weighted by atomic mass is 10.1. The zero-order valence-electron chi connectivity index (χ0n) is 27.7. The highest BCUT2D eigenvalue weighted by Crippen LogP contribution is 2.37. The van der Waals surface area contributed by atoms with Gasteiger partial charge in [0.05, 0.1) is 33.4 Å². The first-order chi connectivity index (χ1) is 22.7. The summed E-state index contributed by atoms with van der Waals surface area (Å²) in [5.41, 5.74) is 15.3. The van der Waals surface area contributed by atoms with Gasteiger partial charge in [0.1, 0.15) is 0 Å². The molecule has 0 amide bonds. The number of hydrogen-bond acceptors (Lipinski definition) is 0. The van der Waals surface area contributed by atoms with Gasteiger partial charge < -0.3 is 9.13 Å². The van der Waals surface area contributed by atoms with Crippen LogP contribution in [0, 0.1) is 34.6 Å². The minimum atomic E-state index is 1.06. The molecule has 0 saturated heterocycles. The molecule has 47 heavy (non-hydrogen) atoms. The van der Waals surface area contributed by atoms with Crippen LogP contribution in [0.4, 0.5) is 0 Å². The first kappa shape index (κ1) is 31.5. The molecule has 0 radical (unpaired) electrons. The van der Waals surface area contributed by atoms with E-state index in [0.717, 1.165) is 15.4 Å². The van der Waals surface area contributed by atoms with Crippen LogP contribution in [-0.4, -0.2) is 9.13 Å². The van der Waals surface area contributed by atoms with E-state index >= 15 is 0 Å². The van der Waals surface area contributed by atoms with Gasteiger partial charge in [-0.3, -0.25) is 0 Å². The van der Waals surface area contributed by atoms with E-state index in [4.69, 9.17) is 0 Å². The van der Waals surface area contributed by atoms with Crippen molar-refractivity contribution < 1.29 is 0 Å². The molecule has 0 saturated carbocycles. The summed E-state index contributed by atoms with van der Waals surface area (Å²) in [5, 5.41) is 5.27.